The molecule has 0 saturated heterocycles. The van der Waals surface area contributed by atoms with Crippen molar-refractivity contribution in [2.24, 2.45) is 0 Å². The molecular formula is C18H27NO3Si. The number of carboxylic acid groups (broad SMARTS) is 1. The van der Waals surface area contributed by atoms with E-state index in [1.807, 2.05) is 25.1 Å². The highest BCUT2D eigenvalue weighted by molar-refractivity contribution is 6.90. The summed E-state index contributed by atoms with van der Waals surface area (Å²) < 4.78 is 0. The molecule has 0 radical (unpaired) electrons. The van der Waals surface area contributed by atoms with Crippen LogP contribution in [0.25, 0.3) is 0 Å². The van der Waals surface area contributed by atoms with Gasteiger partial charge >= 0.3 is 5.97 Å². The van der Waals surface area contributed by atoms with Gasteiger partial charge in [0.15, 0.2) is 0 Å². The van der Waals surface area contributed by atoms with Crippen molar-refractivity contribution in [1.82, 2.24) is 5.32 Å². The van der Waals surface area contributed by atoms with Crippen molar-refractivity contribution in [3.05, 3.63) is 42.5 Å². The van der Waals surface area contributed by atoms with Gasteiger partial charge in [-0.2, -0.15) is 0 Å². The molecular weight excluding hydrogens is 306 g/mol. The highest BCUT2D eigenvalue weighted by atomic mass is 28.3. The molecule has 1 amide bonds. The first-order chi connectivity index (χ1) is 10.7. The molecule has 0 aliphatic carbocycles. The SMILES string of the molecule is C=CC[Si](C)(C)c1ccc(C(CC)C(NC(C)=O)C(=O)O)cc1. The second-order valence-electron chi connectivity index (χ2n) is 6.53. The lowest BCUT2D eigenvalue weighted by molar-refractivity contribution is -0.142. The van der Waals surface area contributed by atoms with Crippen LogP contribution in [0.3, 0.4) is 0 Å². The summed E-state index contributed by atoms with van der Waals surface area (Å²) in [6, 6.07) is 8.30. The molecule has 0 saturated carbocycles. The van der Waals surface area contributed by atoms with Crippen LogP contribution in [0, 0.1) is 0 Å². The smallest absolute Gasteiger partial charge is 0.326 e. The fourth-order valence-corrected chi connectivity index (χ4v) is 4.90. The van der Waals surface area contributed by atoms with Crippen LogP contribution in [0.1, 0.15) is 31.7 Å². The number of hydrogen-bond donors (Lipinski definition) is 2. The fraction of sp³-hybridized carbons (Fsp3) is 0.444. The van der Waals surface area contributed by atoms with Crippen molar-refractivity contribution in [3.63, 3.8) is 0 Å². The van der Waals surface area contributed by atoms with Crippen LogP contribution in [0.5, 0.6) is 0 Å². The molecule has 0 heterocycles. The van der Waals surface area contributed by atoms with Crippen molar-refractivity contribution in [2.45, 2.75) is 51.4 Å². The maximum Gasteiger partial charge on any atom is 0.326 e. The van der Waals surface area contributed by atoms with E-state index in [4.69, 9.17) is 0 Å². The molecule has 0 aliphatic rings. The Morgan fingerprint density at radius 1 is 1.30 bits per heavy atom. The highest BCUT2D eigenvalue weighted by Gasteiger charge is 2.29. The fourth-order valence-electron chi connectivity index (χ4n) is 2.88. The lowest BCUT2D eigenvalue weighted by atomic mass is 9.89. The first kappa shape index (κ1) is 19.2. The Morgan fingerprint density at radius 2 is 1.87 bits per heavy atom. The number of carbonyl (C=O) groups excluding carboxylic acids is 1. The maximum atomic E-state index is 11.5. The zero-order valence-corrected chi connectivity index (χ0v) is 15.4. The van der Waals surface area contributed by atoms with E-state index in [9.17, 15) is 14.7 Å². The average Bonchev–Trinajstić information content (AvgIpc) is 2.47. The van der Waals surface area contributed by atoms with Crippen LogP contribution in [-0.4, -0.2) is 31.1 Å². The van der Waals surface area contributed by atoms with Crippen LogP contribution in [0.2, 0.25) is 19.1 Å². The minimum atomic E-state index is -1.53. The minimum Gasteiger partial charge on any atom is -0.480 e. The molecule has 0 aromatic heterocycles. The van der Waals surface area contributed by atoms with E-state index >= 15 is 0 Å². The minimum absolute atomic E-state index is 0.241. The van der Waals surface area contributed by atoms with E-state index in [0.717, 1.165) is 11.6 Å². The van der Waals surface area contributed by atoms with Crippen LogP contribution in [0.4, 0.5) is 0 Å². The van der Waals surface area contributed by atoms with E-state index in [2.05, 4.69) is 37.1 Å². The summed E-state index contributed by atoms with van der Waals surface area (Å²) in [7, 11) is -1.53. The van der Waals surface area contributed by atoms with Gasteiger partial charge in [0.2, 0.25) is 5.91 Å². The summed E-state index contributed by atoms with van der Waals surface area (Å²) in [5.74, 6) is -1.57. The number of carbonyl (C=O) groups is 2. The number of carboxylic acids is 1. The molecule has 0 fully saturated rings. The molecule has 2 N–H and O–H groups in total. The number of amides is 1. The van der Waals surface area contributed by atoms with Gasteiger partial charge in [0.1, 0.15) is 6.04 Å². The monoisotopic (exact) mass is 333 g/mol. The molecule has 1 aromatic rings. The predicted octanol–water partition coefficient (Wildman–Crippen LogP) is 2.87. The predicted molar refractivity (Wildman–Crippen MR) is 96.8 cm³/mol. The molecule has 1 rings (SSSR count). The van der Waals surface area contributed by atoms with Gasteiger partial charge in [0.25, 0.3) is 0 Å². The third-order valence-corrected chi connectivity index (χ3v) is 7.45. The van der Waals surface area contributed by atoms with Crippen molar-refractivity contribution in [2.75, 3.05) is 0 Å². The molecule has 2 atom stereocenters. The number of hydrogen-bond acceptors (Lipinski definition) is 2. The molecule has 23 heavy (non-hydrogen) atoms. The molecule has 1 aromatic carbocycles. The van der Waals surface area contributed by atoms with Gasteiger partial charge in [-0.25, -0.2) is 4.79 Å². The zero-order chi connectivity index (χ0) is 17.6. The highest BCUT2D eigenvalue weighted by Crippen LogP contribution is 2.24. The molecule has 0 bridgehead atoms. The molecule has 0 aliphatic heterocycles. The van der Waals surface area contributed by atoms with Crippen molar-refractivity contribution in [1.29, 1.82) is 0 Å². The second-order valence-corrected chi connectivity index (χ2v) is 11.3. The van der Waals surface area contributed by atoms with Crippen molar-refractivity contribution >= 4 is 25.1 Å². The summed E-state index contributed by atoms with van der Waals surface area (Å²) in [6.07, 6.45) is 2.61. The molecule has 5 heteroatoms. The topological polar surface area (TPSA) is 66.4 Å². The third-order valence-electron chi connectivity index (χ3n) is 4.24. The number of benzene rings is 1. The summed E-state index contributed by atoms with van der Waals surface area (Å²) in [4.78, 5) is 22.8. The van der Waals surface area contributed by atoms with Gasteiger partial charge < -0.3 is 10.4 Å². The Bertz CT molecular complexity index is 566. The lowest BCUT2D eigenvalue weighted by Gasteiger charge is -2.25. The van der Waals surface area contributed by atoms with E-state index in [-0.39, 0.29) is 11.8 Å². The largest absolute Gasteiger partial charge is 0.480 e. The molecule has 126 valence electrons. The standard InChI is InChI=1S/C18H27NO3Si/c1-6-12-23(4,5)15-10-8-14(9-11-15)16(7-2)17(18(21)22)19-13(3)20/h6,8-11,16-17H,1,7,12H2,2-5H3,(H,19,20)(H,21,22). The number of allylic oxidation sites excluding steroid dienone is 1. The number of nitrogens with one attached hydrogen (secondary N) is 1. The summed E-state index contributed by atoms with van der Waals surface area (Å²) >= 11 is 0. The second kappa shape index (κ2) is 8.11. The van der Waals surface area contributed by atoms with Gasteiger partial charge in [-0.1, -0.05) is 55.5 Å². The van der Waals surface area contributed by atoms with Crippen LogP contribution < -0.4 is 10.5 Å². The summed E-state index contributed by atoms with van der Waals surface area (Å²) in [5.41, 5.74) is 0.945. The third kappa shape index (κ3) is 5.06. The Kier molecular flexibility index (Phi) is 6.75. The average molecular weight is 334 g/mol. The van der Waals surface area contributed by atoms with Gasteiger partial charge in [-0.15, -0.1) is 6.58 Å². The first-order valence-corrected chi connectivity index (χ1v) is 11.1. The molecule has 2 unspecified atom stereocenters. The van der Waals surface area contributed by atoms with Crippen molar-refractivity contribution in [3.8, 4) is 0 Å². The maximum absolute atomic E-state index is 11.5. The van der Waals surface area contributed by atoms with Crippen LogP contribution in [-0.2, 0) is 9.59 Å². The van der Waals surface area contributed by atoms with Crippen LogP contribution >= 0.6 is 0 Å². The van der Waals surface area contributed by atoms with Crippen LogP contribution in [0.15, 0.2) is 36.9 Å². The Balaban J connectivity index is 3.09. The Labute approximate surface area is 139 Å². The normalized spacial score (nSPS) is 13.9. The van der Waals surface area contributed by atoms with Gasteiger partial charge in [-0.05, 0) is 18.0 Å². The molecule has 0 spiro atoms. The van der Waals surface area contributed by atoms with E-state index in [1.54, 1.807) is 0 Å². The van der Waals surface area contributed by atoms with E-state index in [1.165, 1.54) is 12.1 Å². The van der Waals surface area contributed by atoms with Gasteiger partial charge in [0, 0.05) is 12.8 Å². The number of rotatable bonds is 8. The molecule has 4 nitrogen and oxygen atoms in total. The van der Waals surface area contributed by atoms with E-state index < -0.39 is 20.1 Å². The summed E-state index contributed by atoms with van der Waals surface area (Å²) in [5, 5.41) is 13.3. The quantitative estimate of drug-likeness (QED) is 0.568. The van der Waals surface area contributed by atoms with Crippen molar-refractivity contribution < 1.29 is 14.7 Å². The van der Waals surface area contributed by atoms with E-state index in [0.29, 0.717) is 6.42 Å². The summed E-state index contributed by atoms with van der Waals surface area (Å²) in [6.45, 7) is 11.7. The van der Waals surface area contributed by atoms with Gasteiger partial charge in [0.05, 0.1) is 8.07 Å². The first-order valence-electron chi connectivity index (χ1n) is 7.94. The van der Waals surface area contributed by atoms with Gasteiger partial charge in [-0.3, -0.25) is 4.79 Å². The number of aliphatic carboxylic acids is 1. The Hall–Kier alpha value is -1.88. The Morgan fingerprint density at radius 3 is 2.26 bits per heavy atom. The zero-order valence-electron chi connectivity index (χ0n) is 14.4. The lowest BCUT2D eigenvalue weighted by Crippen LogP contribution is -2.44.